The summed E-state index contributed by atoms with van der Waals surface area (Å²) in [7, 11) is 0. The second-order valence-electron chi connectivity index (χ2n) is 5.46. The Labute approximate surface area is 121 Å². The number of nitrogens with zero attached hydrogens (tertiary/aromatic N) is 5. The highest BCUT2D eigenvalue weighted by atomic mass is 16.6. The third kappa shape index (κ3) is 2.19. The number of benzene rings is 1. The van der Waals surface area contributed by atoms with Gasteiger partial charge in [0, 0.05) is 6.54 Å². The second kappa shape index (κ2) is 4.92. The molecule has 0 aliphatic carbocycles. The standard InChI is InChI=1S/C14H16N6O/c1-9-15-14(17-16-9)12-6-3-7-20(12)8-10-4-2-5-11-13(10)19-21-18-11/h2,4-5,12H,3,6-8H2,1H3,(H,15,16,17). The quantitative estimate of drug-likeness (QED) is 0.791. The molecular formula is C14H16N6O. The number of hydrogen-bond donors (Lipinski definition) is 1. The van der Waals surface area contributed by atoms with Crippen LogP contribution in [0.4, 0.5) is 0 Å². The van der Waals surface area contributed by atoms with Gasteiger partial charge in [0.05, 0.1) is 6.04 Å². The summed E-state index contributed by atoms with van der Waals surface area (Å²) in [6.45, 7) is 3.78. The van der Waals surface area contributed by atoms with Crippen molar-refractivity contribution in [1.82, 2.24) is 30.4 Å². The van der Waals surface area contributed by atoms with E-state index in [1.165, 1.54) is 0 Å². The minimum Gasteiger partial charge on any atom is -0.289 e. The van der Waals surface area contributed by atoms with Gasteiger partial charge < -0.3 is 0 Å². The Balaban J connectivity index is 1.62. The van der Waals surface area contributed by atoms with Gasteiger partial charge in [-0.1, -0.05) is 12.1 Å². The van der Waals surface area contributed by atoms with Crippen molar-refractivity contribution in [2.24, 2.45) is 0 Å². The fourth-order valence-electron chi connectivity index (χ4n) is 3.03. The molecule has 0 bridgehead atoms. The highest BCUT2D eigenvalue weighted by Crippen LogP contribution is 2.32. The van der Waals surface area contributed by atoms with Gasteiger partial charge in [-0.25, -0.2) is 9.61 Å². The van der Waals surface area contributed by atoms with E-state index < -0.39 is 0 Å². The predicted molar refractivity (Wildman–Crippen MR) is 75.3 cm³/mol. The van der Waals surface area contributed by atoms with Gasteiger partial charge in [0.1, 0.15) is 16.9 Å². The first-order valence-corrected chi connectivity index (χ1v) is 7.14. The maximum absolute atomic E-state index is 4.84. The molecule has 0 radical (unpaired) electrons. The van der Waals surface area contributed by atoms with E-state index in [1.54, 1.807) is 0 Å². The number of aromatic nitrogens is 5. The molecule has 1 aliphatic heterocycles. The van der Waals surface area contributed by atoms with Crippen molar-refractivity contribution in [3.8, 4) is 0 Å². The number of hydrogen-bond acceptors (Lipinski definition) is 6. The van der Waals surface area contributed by atoms with Crippen LogP contribution in [0.5, 0.6) is 0 Å². The van der Waals surface area contributed by atoms with Crippen LogP contribution in [-0.4, -0.2) is 36.9 Å². The summed E-state index contributed by atoms with van der Waals surface area (Å²) in [5, 5.41) is 15.2. The Morgan fingerprint density at radius 2 is 2.33 bits per heavy atom. The van der Waals surface area contributed by atoms with E-state index in [9.17, 15) is 0 Å². The largest absolute Gasteiger partial charge is 0.289 e. The van der Waals surface area contributed by atoms with Crippen LogP contribution < -0.4 is 0 Å². The minimum absolute atomic E-state index is 0.269. The maximum Gasteiger partial charge on any atom is 0.167 e. The van der Waals surface area contributed by atoms with Gasteiger partial charge in [0.15, 0.2) is 5.82 Å². The number of H-pyrrole nitrogens is 1. The number of nitrogens with one attached hydrogen (secondary N) is 1. The molecule has 3 aromatic rings. The van der Waals surface area contributed by atoms with E-state index in [4.69, 9.17) is 4.63 Å². The Bertz CT molecular complexity index is 764. The molecule has 108 valence electrons. The van der Waals surface area contributed by atoms with E-state index in [2.05, 4.69) is 36.5 Å². The Kier molecular flexibility index (Phi) is 2.92. The second-order valence-corrected chi connectivity index (χ2v) is 5.46. The maximum atomic E-state index is 4.84. The summed E-state index contributed by atoms with van der Waals surface area (Å²) in [4.78, 5) is 6.88. The highest BCUT2D eigenvalue weighted by Gasteiger charge is 2.29. The molecule has 3 heterocycles. The molecule has 0 amide bonds. The van der Waals surface area contributed by atoms with E-state index in [1.807, 2.05) is 19.1 Å². The van der Waals surface area contributed by atoms with Gasteiger partial charge in [-0.3, -0.25) is 10.00 Å². The van der Waals surface area contributed by atoms with Gasteiger partial charge in [-0.2, -0.15) is 5.10 Å². The lowest BCUT2D eigenvalue weighted by molar-refractivity contribution is 0.240. The summed E-state index contributed by atoms with van der Waals surface area (Å²) in [6, 6.07) is 6.25. The van der Waals surface area contributed by atoms with Crippen LogP contribution >= 0.6 is 0 Å². The number of aromatic amines is 1. The van der Waals surface area contributed by atoms with Crippen molar-refractivity contribution < 1.29 is 4.63 Å². The van der Waals surface area contributed by atoms with Crippen LogP contribution in [-0.2, 0) is 6.54 Å². The lowest BCUT2D eigenvalue weighted by atomic mass is 10.1. The van der Waals surface area contributed by atoms with Gasteiger partial charge in [0.25, 0.3) is 0 Å². The molecule has 1 unspecified atom stereocenters. The van der Waals surface area contributed by atoms with Gasteiger partial charge >= 0.3 is 0 Å². The molecule has 1 aliphatic rings. The monoisotopic (exact) mass is 284 g/mol. The van der Waals surface area contributed by atoms with Crippen LogP contribution in [0.2, 0.25) is 0 Å². The van der Waals surface area contributed by atoms with E-state index in [-0.39, 0.29) is 6.04 Å². The van der Waals surface area contributed by atoms with Crippen LogP contribution in [0.25, 0.3) is 11.0 Å². The number of likely N-dealkylation sites (tertiary alicyclic amines) is 1. The molecule has 1 atom stereocenters. The third-order valence-electron chi connectivity index (χ3n) is 4.02. The Hall–Kier alpha value is -2.28. The van der Waals surface area contributed by atoms with Crippen LogP contribution in [0, 0.1) is 6.92 Å². The first-order valence-electron chi connectivity index (χ1n) is 7.14. The molecule has 4 rings (SSSR count). The fourth-order valence-corrected chi connectivity index (χ4v) is 3.03. The molecule has 7 heteroatoms. The summed E-state index contributed by atoms with van der Waals surface area (Å²) in [5.74, 6) is 1.75. The third-order valence-corrected chi connectivity index (χ3v) is 4.02. The van der Waals surface area contributed by atoms with Gasteiger partial charge in [0.2, 0.25) is 0 Å². The van der Waals surface area contributed by atoms with Gasteiger partial charge in [-0.05, 0) is 48.3 Å². The lowest BCUT2D eigenvalue weighted by Crippen LogP contribution is -2.23. The zero-order chi connectivity index (χ0) is 14.2. The average molecular weight is 284 g/mol. The zero-order valence-electron chi connectivity index (χ0n) is 11.8. The van der Waals surface area contributed by atoms with Crippen LogP contribution in [0.1, 0.15) is 36.1 Å². The Morgan fingerprint density at radius 1 is 1.38 bits per heavy atom. The lowest BCUT2D eigenvalue weighted by Gasteiger charge is -2.22. The topological polar surface area (TPSA) is 83.7 Å². The SMILES string of the molecule is Cc1nc(C2CCCN2Cc2cccc3nonc23)n[nH]1. The molecule has 0 spiro atoms. The van der Waals surface area contributed by atoms with Crippen molar-refractivity contribution in [2.45, 2.75) is 32.4 Å². The van der Waals surface area contributed by atoms with E-state index in [0.29, 0.717) is 0 Å². The summed E-state index contributed by atoms with van der Waals surface area (Å²) in [5.41, 5.74) is 2.78. The zero-order valence-corrected chi connectivity index (χ0v) is 11.8. The molecule has 1 N–H and O–H groups in total. The molecule has 1 aromatic carbocycles. The number of aryl methyl sites for hydroxylation is 1. The first kappa shape index (κ1) is 12.5. The van der Waals surface area contributed by atoms with Crippen molar-refractivity contribution >= 4 is 11.0 Å². The molecule has 2 aromatic heterocycles. The molecule has 21 heavy (non-hydrogen) atoms. The van der Waals surface area contributed by atoms with Crippen LogP contribution in [0.3, 0.4) is 0 Å². The molecular weight excluding hydrogens is 268 g/mol. The van der Waals surface area contributed by atoms with E-state index in [0.717, 1.165) is 54.2 Å². The summed E-state index contributed by atoms with van der Waals surface area (Å²) < 4.78 is 4.84. The van der Waals surface area contributed by atoms with Crippen molar-refractivity contribution in [2.75, 3.05) is 6.54 Å². The molecule has 0 saturated carbocycles. The normalized spacial score (nSPS) is 19.6. The number of fused-ring (bicyclic) bond motifs is 1. The summed E-state index contributed by atoms with van der Waals surface area (Å²) >= 11 is 0. The fraction of sp³-hybridized carbons (Fsp3) is 0.429. The Morgan fingerprint density at radius 3 is 3.19 bits per heavy atom. The predicted octanol–water partition coefficient (Wildman–Crippen LogP) is 1.99. The molecule has 7 nitrogen and oxygen atoms in total. The summed E-state index contributed by atoms with van der Waals surface area (Å²) in [6.07, 6.45) is 2.25. The molecule has 1 saturated heterocycles. The average Bonchev–Trinajstić information content (AvgIpc) is 3.18. The smallest absolute Gasteiger partial charge is 0.167 e. The van der Waals surface area contributed by atoms with E-state index >= 15 is 0 Å². The highest BCUT2D eigenvalue weighted by molar-refractivity contribution is 5.76. The first-order chi connectivity index (χ1) is 10.3. The van der Waals surface area contributed by atoms with Gasteiger partial charge in [-0.15, -0.1) is 0 Å². The van der Waals surface area contributed by atoms with Crippen LogP contribution in [0.15, 0.2) is 22.8 Å². The number of rotatable bonds is 3. The van der Waals surface area contributed by atoms with Crippen molar-refractivity contribution in [3.63, 3.8) is 0 Å². The van der Waals surface area contributed by atoms with Crippen molar-refractivity contribution in [1.29, 1.82) is 0 Å². The minimum atomic E-state index is 0.269. The molecule has 1 fully saturated rings. The van der Waals surface area contributed by atoms with Crippen molar-refractivity contribution in [3.05, 3.63) is 35.4 Å².